The van der Waals surface area contributed by atoms with Gasteiger partial charge in [-0.15, -0.1) is 0 Å². The molecule has 4 N–H and O–H groups in total. The quantitative estimate of drug-likeness (QED) is 0.419. The van der Waals surface area contributed by atoms with Crippen LogP contribution < -0.4 is 20.7 Å². The molecule has 0 saturated carbocycles. The number of benzene rings is 1. The number of nitrogens with one attached hydrogen (secondary N) is 4. The van der Waals surface area contributed by atoms with E-state index in [0.29, 0.717) is 30.3 Å². The third-order valence-electron chi connectivity index (χ3n) is 5.57. The smallest absolute Gasteiger partial charge is 0.387 e. The summed E-state index contributed by atoms with van der Waals surface area (Å²) >= 11 is 0. The van der Waals surface area contributed by atoms with Gasteiger partial charge in [0.25, 0.3) is 5.91 Å². The number of hydrogen-bond donors (Lipinski definition) is 4. The number of ether oxygens (including phenoxy) is 1. The summed E-state index contributed by atoms with van der Waals surface area (Å²) in [4.78, 5) is 40.5. The summed E-state index contributed by atoms with van der Waals surface area (Å²) in [5, 5.41) is 17.7. The van der Waals surface area contributed by atoms with E-state index in [0.717, 1.165) is 0 Å². The van der Waals surface area contributed by atoms with Gasteiger partial charge in [-0.25, -0.2) is 0 Å². The molecule has 3 rings (SSSR count). The van der Waals surface area contributed by atoms with Crippen molar-refractivity contribution < 1.29 is 27.9 Å². The summed E-state index contributed by atoms with van der Waals surface area (Å²) < 4.78 is 29.9. The molecule has 182 valence electrons. The predicted octanol–water partition coefficient (Wildman–Crippen LogP) is 2.45. The van der Waals surface area contributed by atoms with Crippen molar-refractivity contribution in [1.29, 1.82) is 5.26 Å². The minimum absolute atomic E-state index is 0.0472. The van der Waals surface area contributed by atoms with Crippen LogP contribution in [0.1, 0.15) is 43.6 Å². The second kappa shape index (κ2) is 11.0. The Labute approximate surface area is 195 Å². The number of halogens is 2. The van der Waals surface area contributed by atoms with Gasteiger partial charge in [0.2, 0.25) is 11.8 Å². The van der Waals surface area contributed by atoms with Crippen LogP contribution in [0, 0.1) is 23.2 Å². The fraction of sp³-hybridized carbons (Fsp3) is 0.478. The van der Waals surface area contributed by atoms with Gasteiger partial charge in [0, 0.05) is 23.4 Å². The third-order valence-corrected chi connectivity index (χ3v) is 5.57. The van der Waals surface area contributed by atoms with Crippen LogP contribution in [0.15, 0.2) is 24.3 Å². The van der Waals surface area contributed by atoms with Gasteiger partial charge in [0.15, 0.2) is 0 Å². The molecule has 0 spiro atoms. The van der Waals surface area contributed by atoms with Gasteiger partial charge in [0.1, 0.15) is 23.5 Å². The number of carbonyl (C=O) groups is 3. The van der Waals surface area contributed by atoms with Crippen LogP contribution in [0.4, 0.5) is 8.78 Å². The number of nitrogens with zero attached hydrogens (tertiary/aromatic N) is 1. The van der Waals surface area contributed by atoms with Gasteiger partial charge in [0.05, 0.1) is 6.07 Å². The lowest BCUT2D eigenvalue weighted by Gasteiger charge is -2.22. The Balaban J connectivity index is 1.72. The van der Waals surface area contributed by atoms with Crippen LogP contribution >= 0.6 is 0 Å². The van der Waals surface area contributed by atoms with Crippen LogP contribution in [-0.2, 0) is 9.59 Å². The SMILES string of the molecule is CC(C)CC(NC(=O)c1cc2c(OC(F)F)cccc2[nH]1)C(=O)NC(C#N)CC1CCNC1=O. The Hall–Kier alpha value is -3.68. The monoisotopic (exact) mass is 475 g/mol. The van der Waals surface area contributed by atoms with Crippen molar-refractivity contribution in [3.63, 3.8) is 0 Å². The second-order valence-corrected chi connectivity index (χ2v) is 8.64. The van der Waals surface area contributed by atoms with Gasteiger partial charge in [-0.05, 0) is 43.4 Å². The standard InChI is InChI=1S/C23H27F2N5O4/c1-12(2)8-17(21(32)28-14(11-26)9-13-6-7-27-20(13)31)30-22(33)18-10-15-16(29-18)4-3-5-19(15)34-23(24)25/h3-5,10,12-14,17,23,29H,6-9H2,1-2H3,(H,27,31)(H,28,32)(H,30,33). The zero-order valence-corrected chi connectivity index (χ0v) is 18.9. The molecule has 1 saturated heterocycles. The molecule has 1 aliphatic heterocycles. The molecule has 2 heterocycles. The van der Waals surface area contributed by atoms with E-state index in [1.165, 1.54) is 18.2 Å². The van der Waals surface area contributed by atoms with Crippen molar-refractivity contribution in [1.82, 2.24) is 20.9 Å². The molecule has 0 radical (unpaired) electrons. The highest BCUT2D eigenvalue weighted by atomic mass is 19.3. The number of H-pyrrole nitrogens is 1. The predicted molar refractivity (Wildman–Crippen MR) is 119 cm³/mol. The Morgan fingerprint density at radius 3 is 2.68 bits per heavy atom. The van der Waals surface area contributed by atoms with Crippen LogP contribution in [0.3, 0.4) is 0 Å². The molecule has 3 atom stereocenters. The highest BCUT2D eigenvalue weighted by Crippen LogP contribution is 2.27. The first-order valence-electron chi connectivity index (χ1n) is 11.0. The van der Waals surface area contributed by atoms with Crippen LogP contribution in [0.2, 0.25) is 0 Å². The minimum Gasteiger partial charge on any atom is -0.434 e. The minimum atomic E-state index is -3.01. The summed E-state index contributed by atoms with van der Waals surface area (Å²) in [5.41, 5.74) is 0.494. The highest BCUT2D eigenvalue weighted by molar-refractivity contribution is 6.01. The Kier molecular flexibility index (Phi) is 8.04. The molecule has 9 nitrogen and oxygen atoms in total. The van der Waals surface area contributed by atoms with Crippen molar-refractivity contribution in [2.75, 3.05) is 6.54 Å². The maximum atomic E-state index is 12.9. The molecule has 1 fully saturated rings. The van der Waals surface area contributed by atoms with Crippen LogP contribution in [-0.4, -0.2) is 47.9 Å². The Morgan fingerprint density at radius 1 is 1.29 bits per heavy atom. The van der Waals surface area contributed by atoms with E-state index in [2.05, 4.69) is 25.7 Å². The Morgan fingerprint density at radius 2 is 2.06 bits per heavy atom. The zero-order valence-electron chi connectivity index (χ0n) is 18.9. The molecular formula is C23H27F2N5O4. The number of nitriles is 1. The topological polar surface area (TPSA) is 136 Å². The van der Waals surface area contributed by atoms with E-state index < -0.39 is 30.5 Å². The molecule has 34 heavy (non-hydrogen) atoms. The Bertz CT molecular complexity index is 1090. The molecule has 3 unspecified atom stereocenters. The summed E-state index contributed by atoms with van der Waals surface area (Å²) in [6, 6.07) is 6.06. The van der Waals surface area contributed by atoms with Crippen molar-refractivity contribution in [2.45, 2.75) is 51.8 Å². The number of aromatic nitrogens is 1. The molecular weight excluding hydrogens is 448 g/mol. The first-order chi connectivity index (χ1) is 16.2. The number of carbonyl (C=O) groups excluding carboxylic acids is 3. The van der Waals surface area contributed by atoms with E-state index in [1.807, 2.05) is 19.9 Å². The van der Waals surface area contributed by atoms with Gasteiger partial charge in [-0.3, -0.25) is 14.4 Å². The fourth-order valence-electron chi connectivity index (χ4n) is 3.96. The van der Waals surface area contributed by atoms with Crippen molar-refractivity contribution in [3.05, 3.63) is 30.0 Å². The molecule has 0 aliphatic carbocycles. The van der Waals surface area contributed by atoms with Gasteiger partial charge >= 0.3 is 6.61 Å². The lowest BCUT2D eigenvalue weighted by molar-refractivity contribution is -0.125. The average molecular weight is 475 g/mol. The number of rotatable bonds is 10. The lowest BCUT2D eigenvalue weighted by Crippen LogP contribution is -2.50. The van der Waals surface area contributed by atoms with Gasteiger partial charge in [-0.2, -0.15) is 14.0 Å². The number of hydrogen-bond acceptors (Lipinski definition) is 5. The molecule has 1 aromatic carbocycles. The van der Waals surface area contributed by atoms with Crippen LogP contribution in [0.25, 0.3) is 10.9 Å². The number of aromatic amines is 1. The van der Waals surface area contributed by atoms with Crippen molar-refractivity contribution in [3.8, 4) is 11.8 Å². The first-order valence-corrected chi connectivity index (χ1v) is 11.0. The number of alkyl halides is 2. The molecule has 11 heteroatoms. The van der Waals surface area contributed by atoms with Crippen molar-refractivity contribution >= 4 is 28.6 Å². The lowest BCUT2D eigenvalue weighted by atomic mass is 9.98. The van der Waals surface area contributed by atoms with E-state index in [9.17, 15) is 28.4 Å². The number of fused-ring (bicyclic) bond motifs is 1. The first kappa shape index (κ1) is 25.0. The maximum Gasteiger partial charge on any atom is 0.387 e. The second-order valence-electron chi connectivity index (χ2n) is 8.64. The van der Waals surface area contributed by atoms with E-state index in [1.54, 1.807) is 6.07 Å². The number of amides is 3. The van der Waals surface area contributed by atoms with E-state index >= 15 is 0 Å². The summed E-state index contributed by atoms with van der Waals surface area (Å²) in [5.74, 6) is -1.67. The molecule has 0 bridgehead atoms. The summed E-state index contributed by atoms with van der Waals surface area (Å²) in [6.07, 6.45) is 1.08. The van der Waals surface area contributed by atoms with Gasteiger partial charge < -0.3 is 25.7 Å². The van der Waals surface area contributed by atoms with Crippen LogP contribution in [0.5, 0.6) is 5.75 Å². The van der Waals surface area contributed by atoms with Gasteiger partial charge in [-0.1, -0.05) is 19.9 Å². The molecule has 1 aromatic heterocycles. The summed E-state index contributed by atoms with van der Waals surface area (Å²) in [6.45, 7) is 1.29. The molecule has 1 aliphatic rings. The average Bonchev–Trinajstić information content (AvgIpc) is 3.39. The van der Waals surface area contributed by atoms with Crippen molar-refractivity contribution in [2.24, 2.45) is 11.8 Å². The van der Waals surface area contributed by atoms with E-state index in [-0.39, 0.29) is 35.6 Å². The molecule has 3 amide bonds. The summed E-state index contributed by atoms with van der Waals surface area (Å²) in [7, 11) is 0. The highest BCUT2D eigenvalue weighted by Gasteiger charge is 2.30. The largest absolute Gasteiger partial charge is 0.434 e. The zero-order chi connectivity index (χ0) is 24.8. The van der Waals surface area contributed by atoms with E-state index in [4.69, 9.17) is 0 Å². The maximum absolute atomic E-state index is 12.9. The fourth-order valence-corrected chi connectivity index (χ4v) is 3.96. The third kappa shape index (κ3) is 6.21. The molecule has 2 aromatic rings. The normalized spacial score (nSPS) is 17.3.